The molecule has 0 amide bonds. The Labute approximate surface area is 79.6 Å². The topological polar surface area (TPSA) is 52.6 Å². The van der Waals surface area contributed by atoms with E-state index in [1.54, 1.807) is 0 Å². The number of unbranched alkanes of at least 4 members (excludes halogenated alkanes) is 2. The predicted molar refractivity (Wildman–Crippen MR) is 50.5 cm³/mol. The van der Waals surface area contributed by atoms with Gasteiger partial charge in [0.1, 0.15) is 0 Å². The molecule has 0 saturated carbocycles. The molecule has 0 aliphatic carbocycles. The van der Waals surface area contributed by atoms with Crippen LogP contribution in [0.4, 0.5) is 0 Å². The first-order valence-corrected chi connectivity index (χ1v) is 5.84. The van der Waals surface area contributed by atoms with Gasteiger partial charge >= 0.3 is 0 Å². The molecule has 0 spiro atoms. The van der Waals surface area contributed by atoms with Crippen molar-refractivity contribution in [1.29, 1.82) is 0 Å². The Hall–Kier alpha value is -0.390. The summed E-state index contributed by atoms with van der Waals surface area (Å²) in [6.45, 7) is 5.65. The van der Waals surface area contributed by atoms with Crippen LogP contribution in [0.25, 0.3) is 0 Å². The molecule has 5 heteroatoms. The Morgan fingerprint density at radius 2 is 2.08 bits per heavy atom. The highest BCUT2D eigenvalue weighted by atomic mass is 32.2. The molecule has 0 heterocycles. The van der Waals surface area contributed by atoms with Crippen LogP contribution in [-0.4, -0.2) is 20.8 Å². The molecule has 0 aliphatic heterocycles. The fourth-order valence-electron chi connectivity index (χ4n) is 0.690. The average molecular weight is 208 g/mol. The zero-order valence-corrected chi connectivity index (χ0v) is 8.68. The van der Waals surface area contributed by atoms with Gasteiger partial charge in [0, 0.05) is 0 Å². The summed E-state index contributed by atoms with van der Waals surface area (Å²) in [5.41, 5.74) is 0. The van der Waals surface area contributed by atoms with E-state index in [9.17, 15) is 8.42 Å². The second kappa shape index (κ2) is 7.06. The van der Waals surface area contributed by atoms with Crippen molar-refractivity contribution >= 4 is 10.1 Å². The second-order valence-corrected chi connectivity index (χ2v) is 4.19. The van der Waals surface area contributed by atoms with E-state index in [1.807, 2.05) is 0 Å². The summed E-state index contributed by atoms with van der Waals surface area (Å²) in [5.74, 6) is -0.221. The average Bonchev–Trinajstić information content (AvgIpc) is 2.04. The minimum Gasteiger partial charge on any atom is -0.220 e. The summed E-state index contributed by atoms with van der Waals surface area (Å²) < 4.78 is 25.9. The van der Waals surface area contributed by atoms with Gasteiger partial charge in [0.2, 0.25) is 0 Å². The van der Waals surface area contributed by atoms with Crippen LogP contribution in [0.1, 0.15) is 26.2 Å². The van der Waals surface area contributed by atoms with Gasteiger partial charge in [0.15, 0.2) is 0 Å². The van der Waals surface area contributed by atoms with Gasteiger partial charge in [-0.25, -0.2) is 4.89 Å². The van der Waals surface area contributed by atoms with E-state index in [1.165, 1.54) is 6.08 Å². The van der Waals surface area contributed by atoms with Crippen molar-refractivity contribution < 1.29 is 17.6 Å². The van der Waals surface area contributed by atoms with Gasteiger partial charge in [0.25, 0.3) is 10.1 Å². The normalized spacial score (nSPS) is 11.5. The lowest BCUT2D eigenvalue weighted by Gasteiger charge is -2.01. The van der Waals surface area contributed by atoms with Crippen molar-refractivity contribution in [3.8, 4) is 0 Å². The maximum atomic E-state index is 10.8. The van der Waals surface area contributed by atoms with Crippen molar-refractivity contribution in [3.05, 3.63) is 12.7 Å². The molecule has 0 atom stereocenters. The van der Waals surface area contributed by atoms with Gasteiger partial charge in [-0.2, -0.15) is 8.42 Å². The minimum atomic E-state index is -3.56. The maximum absolute atomic E-state index is 10.8. The Bertz CT molecular complexity index is 220. The van der Waals surface area contributed by atoms with Crippen molar-refractivity contribution in [3.63, 3.8) is 0 Å². The molecule has 0 N–H and O–H groups in total. The Balaban J connectivity index is 3.46. The number of hydrogen-bond donors (Lipinski definition) is 0. The lowest BCUT2D eigenvalue weighted by molar-refractivity contribution is -0.201. The quantitative estimate of drug-likeness (QED) is 0.263. The fourth-order valence-corrected chi connectivity index (χ4v) is 1.25. The largest absolute Gasteiger partial charge is 0.297 e. The van der Waals surface area contributed by atoms with Crippen LogP contribution in [0.5, 0.6) is 0 Å². The molecular weight excluding hydrogens is 192 g/mol. The van der Waals surface area contributed by atoms with Crippen LogP contribution >= 0.6 is 0 Å². The minimum absolute atomic E-state index is 0.221. The van der Waals surface area contributed by atoms with E-state index in [0.717, 1.165) is 19.3 Å². The summed E-state index contributed by atoms with van der Waals surface area (Å²) in [6, 6.07) is 0. The standard InChI is InChI=1S/C8H16O4S/c1-3-5-6-7-11-12-13(9,10)8-4-2/h4H,2-3,5-8H2,1H3. The maximum Gasteiger partial charge on any atom is 0.297 e. The van der Waals surface area contributed by atoms with E-state index >= 15 is 0 Å². The lowest BCUT2D eigenvalue weighted by atomic mass is 10.3. The van der Waals surface area contributed by atoms with Crippen LogP contribution in [-0.2, 0) is 19.3 Å². The third-order valence-electron chi connectivity index (χ3n) is 1.30. The smallest absolute Gasteiger partial charge is 0.220 e. The van der Waals surface area contributed by atoms with Crippen LogP contribution in [0, 0.1) is 0 Å². The molecule has 0 bridgehead atoms. The van der Waals surface area contributed by atoms with Gasteiger partial charge in [0.05, 0.1) is 12.4 Å². The third-order valence-corrected chi connectivity index (χ3v) is 2.25. The first-order chi connectivity index (χ1) is 6.12. The highest BCUT2D eigenvalue weighted by Gasteiger charge is 2.08. The summed E-state index contributed by atoms with van der Waals surface area (Å²) in [4.78, 5) is 4.52. The first kappa shape index (κ1) is 12.6. The van der Waals surface area contributed by atoms with Gasteiger partial charge in [-0.05, 0) is 6.42 Å². The van der Waals surface area contributed by atoms with Crippen LogP contribution in [0.15, 0.2) is 12.7 Å². The molecule has 0 rings (SSSR count). The molecular formula is C8H16O4S. The van der Waals surface area contributed by atoms with E-state index in [2.05, 4.69) is 22.7 Å². The number of hydrogen-bond acceptors (Lipinski definition) is 4. The van der Waals surface area contributed by atoms with Gasteiger partial charge in [-0.15, -0.1) is 10.9 Å². The van der Waals surface area contributed by atoms with Crippen molar-refractivity contribution in [1.82, 2.24) is 0 Å². The second-order valence-electron chi connectivity index (χ2n) is 2.61. The van der Waals surface area contributed by atoms with Crippen LogP contribution < -0.4 is 0 Å². The van der Waals surface area contributed by atoms with Gasteiger partial charge in [-0.1, -0.05) is 25.8 Å². The fraction of sp³-hybridized carbons (Fsp3) is 0.750. The molecule has 0 radical (unpaired) electrons. The van der Waals surface area contributed by atoms with Crippen LogP contribution in [0.2, 0.25) is 0 Å². The zero-order chi connectivity index (χ0) is 10.2. The summed E-state index contributed by atoms with van der Waals surface area (Å²) >= 11 is 0. The van der Waals surface area contributed by atoms with E-state index in [4.69, 9.17) is 0 Å². The summed E-state index contributed by atoms with van der Waals surface area (Å²) in [5, 5.41) is 0. The molecule has 0 aromatic carbocycles. The predicted octanol–water partition coefficient (Wildman–Crippen LogP) is 1.64. The van der Waals surface area contributed by atoms with Crippen molar-refractivity contribution in [2.45, 2.75) is 26.2 Å². The monoisotopic (exact) mass is 208 g/mol. The number of rotatable bonds is 8. The van der Waals surface area contributed by atoms with Gasteiger partial charge in [-0.3, -0.25) is 0 Å². The summed E-state index contributed by atoms with van der Waals surface area (Å²) in [7, 11) is -3.56. The molecule has 0 aromatic heterocycles. The molecule has 13 heavy (non-hydrogen) atoms. The molecule has 4 nitrogen and oxygen atoms in total. The Morgan fingerprint density at radius 1 is 1.38 bits per heavy atom. The molecule has 0 aliphatic rings. The highest BCUT2D eigenvalue weighted by molar-refractivity contribution is 7.86. The van der Waals surface area contributed by atoms with E-state index < -0.39 is 10.1 Å². The molecule has 0 aromatic rings. The third kappa shape index (κ3) is 7.95. The first-order valence-electron chi connectivity index (χ1n) is 4.27. The highest BCUT2D eigenvalue weighted by Crippen LogP contribution is 1.98. The molecule has 0 saturated heterocycles. The molecule has 0 unspecified atom stereocenters. The van der Waals surface area contributed by atoms with Crippen molar-refractivity contribution in [2.24, 2.45) is 0 Å². The Kier molecular flexibility index (Phi) is 6.84. The molecule has 0 fully saturated rings. The SMILES string of the molecule is C=CCS(=O)(=O)OOCCCCC. The Morgan fingerprint density at radius 3 is 2.62 bits per heavy atom. The zero-order valence-electron chi connectivity index (χ0n) is 7.86. The van der Waals surface area contributed by atoms with Crippen LogP contribution in [0.3, 0.4) is 0 Å². The summed E-state index contributed by atoms with van der Waals surface area (Å²) in [6.07, 6.45) is 4.12. The van der Waals surface area contributed by atoms with Crippen molar-refractivity contribution in [2.75, 3.05) is 12.4 Å². The van der Waals surface area contributed by atoms with Gasteiger partial charge < -0.3 is 0 Å². The van der Waals surface area contributed by atoms with E-state index in [0.29, 0.717) is 6.61 Å². The lowest BCUT2D eigenvalue weighted by Crippen LogP contribution is -2.10. The molecule has 78 valence electrons. The van der Waals surface area contributed by atoms with E-state index in [-0.39, 0.29) is 5.75 Å².